The summed E-state index contributed by atoms with van der Waals surface area (Å²) in [5, 5.41) is 12.9. The fourth-order valence-corrected chi connectivity index (χ4v) is 4.66. The molecular formula is C24H25BrFN4O2. The molecule has 1 radical (unpaired) electrons. The Labute approximate surface area is 195 Å². The van der Waals surface area contributed by atoms with E-state index in [-0.39, 0.29) is 23.2 Å². The van der Waals surface area contributed by atoms with Crippen molar-refractivity contribution in [3.8, 4) is 0 Å². The first kappa shape index (κ1) is 22.6. The molecule has 0 aliphatic heterocycles. The van der Waals surface area contributed by atoms with Crippen LogP contribution in [-0.2, 0) is 0 Å². The molecule has 0 amide bonds. The van der Waals surface area contributed by atoms with Crippen LogP contribution >= 0.6 is 15.9 Å². The Bertz CT molecular complexity index is 1100. The Hall–Kier alpha value is -2.58. The minimum atomic E-state index is -1.48. The van der Waals surface area contributed by atoms with E-state index in [0.29, 0.717) is 12.0 Å². The highest BCUT2D eigenvalue weighted by molar-refractivity contribution is 9.10. The molecule has 3 aromatic rings. The van der Waals surface area contributed by atoms with Crippen molar-refractivity contribution < 1.29 is 14.3 Å². The second kappa shape index (κ2) is 9.50. The van der Waals surface area contributed by atoms with Gasteiger partial charge in [-0.2, -0.15) is 0 Å². The number of halogens is 2. The van der Waals surface area contributed by atoms with Gasteiger partial charge in [-0.3, -0.25) is 4.79 Å². The maximum absolute atomic E-state index is 14.4. The average Bonchev–Trinajstić information content (AvgIpc) is 3.36. The molecule has 1 aliphatic rings. The number of ketones is 1. The number of anilines is 1. The number of benzene rings is 1. The number of nitrogens with one attached hydrogen (secondary N) is 1. The van der Waals surface area contributed by atoms with Crippen LogP contribution in [-0.4, -0.2) is 43.7 Å². The summed E-state index contributed by atoms with van der Waals surface area (Å²) < 4.78 is 17.4. The molecule has 1 aliphatic carbocycles. The van der Waals surface area contributed by atoms with Gasteiger partial charge in [0.2, 0.25) is 0 Å². The summed E-state index contributed by atoms with van der Waals surface area (Å²) in [7, 11) is 0. The van der Waals surface area contributed by atoms with Gasteiger partial charge < -0.3 is 15.0 Å². The molecule has 4 rings (SSSR count). The number of carbonyl (C=O) groups excluding carboxylic acids is 1. The number of aliphatic hydroxyl groups is 1. The minimum Gasteiger partial charge on any atom is -0.390 e. The van der Waals surface area contributed by atoms with Crippen LogP contribution in [0.15, 0.2) is 59.7 Å². The standard InChI is InChI=1S/C24H25BrFN4O2/c1-3-20(15-5-4-6-17(25)10-15)30-8-7-16(12-30)23(32)18-11-27-13-28-24(18)29-19-9-14(2)22(31)21(19)26/h4-8,10-14,19-22,31H,2-3,9H2,1H3,(H,27,28,29)/t14-,19-,20+,21-,22-/m1/s1. The number of rotatable bonds is 7. The Kier molecular flexibility index (Phi) is 6.71. The first-order valence-electron chi connectivity index (χ1n) is 10.6. The number of nitrogens with zero attached hydrogens (tertiary/aromatic N) is 3. The summed E-state index contributed by atoms with van der Waals surface area (Å²) >= 11 is 3.52. The summed E-state index contributed by atoms with van der Waals surface area (Å²) in [5.74, 6) is -0.414. The van der Waals surface area contributed by atoms with Crippen LogP contribution in [0.5, 0.6) is 0 Å². The van der Waals surface area contributed by atoms with Gasteiger partial charge in [-0.25, -0.2) is 14.4 Å². The third kappa shape index (κ3) is 4.47. The number of hydrogen-bond donors (Lipinski definition) is 2. The predicted octanol–water partition coefficient (Wildman–Crippen LogP) is 4.60. The van der Waals surface area contributed by atoms with Crippen LogP contribution in [0.25, 0.3) is 0 Å². The van der Waals surface area contributed by atoms with Crippen molar-refractivity contribution in [2.24, 2.45) is 5.92 Å². The number of aromatic nitrogens is 3. The van der Waals surface area contributed by atoms with Gasteiger partial charge in [-0.15, -0.1) is 0 Å². The largest absolute Gasteiger partial charge is 0.390 e. The molecule has 167 valence electrons. The molecule has 2 aromatic heterocycles. The van der Waals surface area contributed by atoms with Crippen molar-refractivity contribution in [1.29, 1.82) is 0 Å². The van der Waals surface area contributed by atoms with Gasteiger partial charge in [-0.05, 0) is 49.4 Å². The quantitative estimate of drug-likeness (QED) is 0.464. The second-order valence-corrected chi connectivity index (χ2v) is 9.04. The molecule has 1 fully saturated rings. The van der Waals surface area contributed by atoms with Gasteiger partial charge in [0.1, 0.15) is 18.3 Å². The number of carbonyl (C=O) groups is 1. The van der Waals surface area contributed by atoms with Gasteiger partial charge >= 0.3 is 0 Å². The van der Waals surface area contributed by atoms with E-state index in [9.17, 15) is 14.3 Å². The smallest absolute Gasteiger partial charge is 0.199 e. The highest BCUT2D eigenvalue weighted by Gasteiger charge is 2.41. The SMILES string of the molecule is [CH2][C@@H]1C[C@@H](Nc2ncncc2C(=O)c2ccn([C@@H](CC)c3cccc(Br)c3)c2)[C@@H](F)[C@@H]1O. The molecule has 32 heavy (non-hydrogen) atoms. The van der Waals surface area contributed by atoms with Crippen molar-refractivity contribution in [2.45, 2.75) is 44.1 Å². The van der Waals surface area contributed by atoms with Gasteiger partial charge in [0, 0.05) is 28.6 Å². The molecule has 5 atom stereocenters. The molecule has 2 N–H and O–H groups in total. The van der Waals surface area contributed by atoms with Gasteiger partial charge in [0.15, 0.2) is 5.78 Å². The summed E-state index contributed by atoms with van der Waals surface area (Å²) in [4.78, 5) is 21.4. The minimum absolute atomic E-state index is 0.0833. The van der Waals surface area contributed by atoms with Crippen molar-refractivity contribution in [2.75, 3.05) is 5.32 Å². The van der Waals surface area contributed by atoms with Crippen LogP contribution in [0.1, 0.15) is 47.3 Å². The molecule has 2 heterocycles. The van der Waals surface area contributed by atoms with Crippen molar-refractivity contribution in [3.63, 3.8) is 0 Å². The molecule has 1 aromatic carbocycles. The second-order valence-electron chi connectivity index (χ2n) is 8.12. The van der Waals surface area contributed by atoms with Crippen molar-refractivity contribution in [3.05, 3.63) is 83.3 Å². The normalized spacial score (nSPS) is 23.8. The maximum Gasteiger partial charge on any atom is 0.199 e. The summed E-state index contributed by atoms with van der Waals surface area (Å²) in [6.45, 7) is 5.88. The Balaban J connectivity index is 1.58. The zero-order valence-electron chi connectivity index (χ0n) is 17.7. The lowest BCUT2D eigenvalue weighted by molar-refractivity contribution is 0.0793. The van der Waals surface area contributed by atoms with Gasteiger partial charge in [-0.1, -0.05) is 35.0 Å². The zero-order valence-corrected chi connectivity index (χ0v) is 19.2. The maximum atomic E-state index is 14.4. The van der Waals surface area contributed by atoms with E-state index in [2.05, 4.69) is 57.2 Å². The van der Waals surface area contributed by atoms with Crippen LogP contribution < -0.4 is 5.32 Å². The Morgan fingerprint density at radius 3 is 2.94 bits per heavy atom. The van der Waals surface area contributed by atoms with Crippen molar-refractivity contribution in [1.82, 2.24) is 14.5 Å². The number of hydrogen-bond acceptors (Lipinski definition) is 5. The molecule has 6 nitrogen and oxygen atoms in total. The lowest BCUT2D eigenvalue weighted by Crippen LogP contribution is -2.32. The first-order chi connectivity index (χ1) is 15.4. The lowest BCUT2D eigenvalue weighted by Gasteiger charge is -2.18. The molecule has 8 heteroatoms. The molecule has 0 spiro atoms. The average molecular weight is 500 g/mol. The van der Waals surface area contributed by atoms with Crippen molar-refractivity contribution >= 4 is 27.5 Å². The Morgan fingerprint density at radius 1 is 1.44 bits per heavy atom. The van der Waals surface area contributed by atoms with E-state index in [1.54, 1.807) is 6.07 Å². The van der Waals surface area contributed by atoms with E-state index < -0.39 is 24.2 Å². The summed E-state index contributed by atoms with van der Waals surface area (Å²) in [6, 6.07) is 9.29. The van der Waals surface area contributed by atoms with Crippen LogP contribution in [0.3, 0.4) is 0 Å². The Morgan fingerprint density at radius 2 is 2.25 bits per heavy atom. The monoisotopic (exact) mass is 499 g/mol. The fraction of sp³-hybridized carbons (Fsp3) is 0.333. The highest BCUT2D eigenvalue weighted by Crippen LogP contribution is 2.31. The van der Waals surface area contributed by atoms with Gasteiger partial charge in [0.25, 0.3) is 0 Å². The zero-order chi connectivity index (χ0) is 22.8. The third-order valence-electron chi connectivity index (χ3n) is 5.99. The van der Waals surface area contributed by atoms with E-state index in [1.165, 1.54) is 12.5 Å². The van der Waals surface area contributed by atoms with E-state index in [0.717, 1.165) is 16.5 Å². The van der Waals surface area contributed by atoms with Crippen LogP contribution in [0.2, 0.25) is 0 Å². The van der Waals surface area contributed by atoms with Gasteiger partial charge in [0.05, 0.1) is 23.8 Å². The number of aliphatic hydroxyl groups excluding tert-OH is 1. The fourth-order valence-electron chi connectivity index (χ4n) is 4.25. The first-order valence-corrected chi connectivity index (χ1v) is 11.4. The topological polar surface area (TPSA) is 80.0 Å². The molecular weight excluding hydrogens is 475 g/mol. The highest BCUT2D eigenvalue weighted by atomic mass is 79.9. The van der Waals surface area contributed by atoms with E-state index in [4.69, 9.17) is 0 Å². The van der Waals surface area contributed by atoms with E-state index in [1.807, 2.05) is 29.1 Å². The third-order valence-corrected chi connectivity index (χ3v) is 6.48. The molecule has 1 saturated carbocycles. The lowest BCUT2D eigenvalue weighted by atomic mass is 10.0. The number of alkyl halides is 1. The summed E-state index contributed by atoms with van der Waals surface area (Å²) in [6.07, 6.45) is 5.04. The predicted molar refractivity (Wildman–Crippen MR) is 124 cm³/mol. The van der Waals surface area contributed by atoms with Crippen LogP contribution in [0.4, 0.5) is 10.2 Å². The molecule has 0 unspecified atom stereocenters. The van der Waals surface area contributed by atoms with E-state index >= 15 is 0 Å². The molecule has 0 saturated heterocycles. The molecule has 0 bridgehead atoms. The van der Waals surface area contributed by atoms with Crippen LogP contribution in [0, 0.1) is 12.8 Å². The summed E-state index contributed by atoms with van der Waals surface area (Å²) in [5.41, 5.74) is 1.89.